The minimum Gasteiger partial charge on any atom is -0.345 e. The fraction of sp³-hybridized carbons (Fsp3) is 0.700. The SMILES string of the molecule is CN1CC(C(=O)N2CCC(Cn3cnc(C(C)(C)C)cc3=O)CC2)CC1=O. The van der Waals surface area contributed by atoms with Gasteiger partial charge in [0.05, 0.1) is 17.9 Å². The van der Waals surface area contributed by atoms with Crippen LogP contribution in [0.2, 0.25) is 0 Å². The van der Waals surface area contributed by atoms with Gasteiger partial charge in [-0.05, 0) is 18.8 Å². The highest BCUT2D eigenvalue weighted by Crippen LogP contribution is 2.24. The molecule has 2 fully saturated rings. The third kappa shape index (κ3) is 4.39. The monoisotopic (exact) mass is 374 g/mol. The average Bonchev–Trinajstić information content (AvgIpc) is 2.95. The second-order valence-corrected chi connectivity index (χ2v) is 8.96. The zero-order valence-electron chi connectivity index (χ0n) is 16.8. The van der Waals surface area contributed by atoms with E-state index in [1.807, 2.05) is 25.7 Å². The van der Waals surface area contributed by atoms with Crippen LogP contribution in [0.5, 0.6) is 0 Å². The molecule has 3 heterocycles. The van der Waals surface area contributed by atoms with E-state index in [1.165, 1.54) is 0 Å². The molecule has 2 aliphatic rings. The molecule has 1 atom stereocenters. The van der Waals surface area contributed by atoms with Crippen molar-refractivity contribution in [2.45, 2.75) is 52.0 Å². The molecule has 0 saturated carbocycles. The summed E-state index contributed by atoms with van der Waals surface area (Å²) in [6, 6.07) is 1.63. The molecule has 2 amide bonds. The summed E-state index contributed by atoms with van der Waals surface area (Å²) < 4.78 is 1.68. The van der Waals surface area contributed by atoms with Crippen molar-refractivity contribution < 1.29 is 9.59 Å². The lowest BCUT2D eigenvalue weighted by atomic mass is 9.92. The van der Waals surface area contributed by atoms with E-state index in [9.17, 15) is 14.4 Å². The van der Waals surface area contributed by atoms with Gasteiger partial charge in [0.1, 0.15) is 0 Å². The molecule has 2 saturated heterocycles. The molecule has 1 aromatic rings. The van der Waals surface area contributed by atoms with E-state index in [0.717, 1.165) is 18.5 Å². The van der Waals surface area contributed by atoms with Gasteiger partial charge in [-0.25, -0.2) is 4.98 Å². The van der Waals surface area contributed by atoms with Crippen molar-refractivity contribution in [1.29, 1.82) is 0 Å². The number of piperidine rings is 1. The molecule has 7 heteroatoms. The Morgan fingerprint density at radius 3 is 2.41 bits per heavy atom. The Bertz CT molecular complexity index is 772. The number of amides is 2. The van der Waals surface area contributed by atoms with Crippen LogP contribution < -0.4 is 5.56 Å². The zero-order valence-corrected chi connectivity index (χ0v) is 16.8. The van der Waals surface area contributed by atoms with E-state index in [4.69, 9.17) is 0 Å². The first-order valence-electron chi connectivity index (χ1n) is 9.75. The summed E-state index contributed by atoms with van der Waals surface area (Å²) in [6.07, 6.45) is 3.72. The van der Waals surface area contributed by atoms with Crippen LogP contribution in [0.3, 0.4) is 0 Å². The molecule has 1 unspecified atom stereocenters. The highest BCUT2D eigenvalue weighted by Gasteiger charge is 2.35. The third-order valence-electron chi connectivity index (χ3n) is 5.72. The first-order valence-corrected chi connectivity index (χ1v) is 9.75. The van der Waals surface area contributed by atoms with Crippen LogP contribution in [0.1, 0.15) is 45.7 Å². The van der Waals surface area contributed by atoms with Gasteiger partial charge in [-0.3, -0.25) is 19.0 Å². The third-order valence-corrected chi connectivity index (χ3v) is 5.72. The molecule has 0 radical (unpaired) electrons. The number of hydrogen-bond acceptors (Lipinski definition) is 4. The summed E-state index contributed by atoms with van der Waals surface area (Å²) in [4.78, 5) is 44.6. The number of aromatic nitrogens is 2. The molecule has 3 rings (SSSR count). The van der Waals surface area contributed by atoms with Crippen molar-refractivity contribution in [3.63, 3.8) is 0 Å². The van der Waals surface area contributed by atoms with E-state index < -0.39 is 0 Å². The normalized spacial score (nSPS) is 21.8. The number of likely N-dealkylation sites (tertiary alicyclic amines) is 2. The minimum absolute atomic E-state index is 0.0130. The molecular weight excluding hydrogens is 344 g/mol. The van der Waals surface area contributed by atoms with Gasteiger partial charge in [0, 0.05) is 51.1 Å². The quantitative estimate of drug-likeness (QED) is 0.798. The molecule has 0 bridgehead atoms. The Hall–Kier alpha value is -2.18. The van der Waals surface area contributed by atoms with Crippen LogP contribution in [-0.4, -0.2) is 57.8 Å². The van der Waals surface area contributed by atoms with Crippen LogP contribution in [0.25, 0.3) is 0 Å². The lowest BCUT2D eigenvalue weighted by molar-refractivity contribution is -0.137. The predicted molar refractivity (Wildman–Crippen MR) is 102 cm³/mol. The Morgan fingerprint density at radius 1 is 1.22 bits per heavy atom. The topological polar surface area (TPSA) is 75.5 Å². The van der Waals surface area contributed by atoms with Gasteiger partial charge in [0.25, 0.3) is 5.56 Å². The Kier molecular flexibility index (Phi) is 5.40. The molecule has 0 aromatic carbocycles. The van der Waals surface area contributed by atoms with Crippen molar-refractivity contribution >= 4 is 11.8 Å². The maximum Gasteiger partial charge on any atom is 0.253 e. The highest BCUT2D eigenvalue weighted by molar-refractivity contribution is 5.89. The first kappa shape index (κ1) is 19.6. The number of carbonyl (C=O) groups is 2. The summed E-state index contributed by atoms with van der Waals surface area (Å²) in [5, 5.41) is 0. The second-order valence-electron chi connectivity index (χ2n) is 8.96. The average molecular weight is 374 g/mol. The summed E-state index contributed by atoms with van der Waals surface area (Å²) >= 11 is 0. The number of carbonyl (C=O) groups excluding carboxylic acids is 2. The van der Waals surface area contributed by atoms with Gasteiger partial charge in [-0.2, -0.15) is 0 Å². The van der Waals surface area contributed by atoms with Crippen molar-refractivity contribution in [3.05, 3.63) is 28.4 Å². The predicted octanol–water partition coefficient (Wildman–Crippen LogP) is 1.26. The maximum atomic E-state index is 12.6. The largest absolute Gasteiger partial charge is 0.345 e. The van der Waals surface area contributed by atoms with Crippen LogP contribution in [0.15, 0.2) is 17.2 Å². The standard InChI is InChI=1S/C20H30N4O3/c1-20(2,3)16-10-18(26)24(13-21-16)11-14-5-7-23(8-6-14)19(27)15-9-17(25)22(4)12-15/h10,13-15H,5-9,11-12H2,1-4H3. The maximum absolute atomic E-state index is 12.6. The summed E-state index contributed by atoms with van der Waals surface area (Å²) in [5.74, 6) is 0.311. The second kappa shape index (κ2) is 7.44. The summed E-state index contributed by atoms with van der Waals surface area (Å²) in [5.41, 5.74) is 0.654. The van der Waals surface area contributed by atoms with E-state index in [1.54, 1.807) is 28.9 Å². The molecule has 0 spiro atoms. The van der Waals surface area contributed by atoms with Crippen molar-refractivity contribution in [2.24, 2.45) is 11.8 Å². The van der Waals surface area contributed by atoms with Gasteiger partial charge in [-0.15, -0.1) is 0 Å². The molecule has 0 aliphatic carbocycles. The van der Waals surface area contributed by atoms with E-state index in [-0.39, 0.29) is 28.7 Å². The van der Waals surface area contributed by atoms with Gasteiger partial charge in [0.15, 0.2) is 0 Å². The van der Waals surface area contributed by atoms with E-state index in [0.29, 0.717) is 38.5 Å². The van der Waals surface area contributed by atoms with Crippen molar-refractivity contribution in [2.75, 3.05) is 26.7 Å². The molecule has 1 aromatic heterocycles. The number of rotatable bonds is 3. The van der Waals surface area contributed by atoms with Crippen LogP contribution >= 0.6 is 0 Å². The number of hydrogen-bond donors (Lipinski definition) is 0. The number of nitrogens with zero attached hydrogens (tertiary/aromatic N) is 4. The van der Waals surface area contributed by atoms with Crippen molar-refractivity contribution in [3.8, 4) is 0 Å². The van der Waals surface area contributed by atoms with Crippen LogP contribution in [0.4, 0.5) is 0 Å². The molecule has 148 valence electrons. The fourth-order valence-electron chi connectivity index (χ4n) is 3.87. The smallest absolute Gasteiger partial charge is 0.253 e. The summed E-state index contributed by atoms with van der Waals surface area (Å²) in [7, 11) is 1.75. The summed E-state index contributed by atoms with van der Waals surface area (Å²) in [6.45, 7) is 8.69. The van der Waals surface area contributed by atoms with Crippen molar-refractivity contribution in [1.82, 2.24) is 19.4 Å². The van der Waals surface area contributed by atoms with E-state index in [2.05, 4.69) is 4.98 Å². The Balaban J connectivity index is 1.55. The van der Waals surface area contributed by atoms with Gasteiger partial charge in [-0.1, -0.05) is 20.8 Å². The Labute approximate surface area is 160 Å². The lowest BCUT2D eigenvalue weighted by Crippen LogP contribution is -2.43. The van der Waals surface area contributed by atoms with Gasteiger partial charge in [0.2, 0.25) is 11.8 Å². The Morgan fingerprint density at radius 2 is 1.89 bits per heavy atom. The first-order chi connectivity index (χ1) is 12.6. The molecule has 27 heavy (non-hydrogen) atoms. The minimum atomic E-state index is -0.198. The van der Waals surface area contributed by atoms with Crippen LogP contribution in [-0.2, 0) is 21.5 Å². The van der Waals surface area contributed by atoms with Gasteiger partial charge >= 0.3 is 0 Å². The molecule has 0 N–H and O–H groups in total. The highest BCUT2D eigenvalue weighted by atomic mass is 16.2. The lowest BCUT2D eigenvalue weighted by Gasteiger charge is -2.33. The van der Waals surface area contributed by atoms with Gasteiger partial charge < -0.3 is 9.80 Å². The molecular formula is C20H30N4O3. The van der Waals surface area contributed by atoms with E-state index >= 15 is 0 Å². The molecule has 2 aliphatic heterocycles. The zero-order chi connectivity index (χ0) is 19.8. The van der Waals surface area contributed by atoms with Crippen LogP contribution in [0, 0.1) is 11.8 Å². The fourth-order valence-corrected chi connectivity index (χ4v) is 3.87. The molecule has 7 nitrogen and oxygen atoms in total.